The van der Waals surface area contributed by atoms with E-state index in [2.05, 4.69) is 10.1 Å². The number of thiophene rings is 1. The van der Waals surface area contributed by atoms with Gasteiger partial charge in [-0.2, -0.15) is 5.10 Å². The van der Waals surface area contributed by atoms with Crippen molar-refractivity contribution in [2.24, 2.45) is 0 Å². The topological polar surface area (TPSA) is 52.7 Å². The second-order valence-electron chi connectivity index (χ2n) is 4.03. The molecule has 0 unspecified atom stereocenters. The SMILES string of the molecule is O=c1c2ccsc2cnn1CCCn1ccnc1. The van der Waals surface area contributed by atoms with Gasteiger partial charge in [-0.15, -0.1) is 11.3 Å². The summed E-state index contributed by atoms with van der Waals surface area (Å²) in [5.41, 5.74) is -0.000573. The maximum absolute atomic E-state index is 12.1. The van der Waals surface area contributed by atoms with Crippen LogP contribution in [-0.4, -0.2) is 19.3 Å². The minimum absolute atomic E-state index is 0.000573. The molecular weight excluding hydrogens is 248 g/mol. The second-order valence-corrected chi connectivity index (χ2v) is 4.97. The molecular formula is C12H12N4OS. The quantitative estimate of drug-likeness (QED) is 0.718. The zero-order valence-electron chi connectivity index (χ0n) is 9.69. The van der Waals surface area contributed by atoms with E-state index in [4.69, 9.17) is 0 Å². The summed E-state index contributed by atoms with van der Waals surface area (Å²) in [7, 11) is 0. The highest BCUT2D eigenvalue weighted by Crippen LogP contribution is 2.14. The minimum atomic E-state index is -0.000573. The van der Waals surface area contributed by atoms with Gasteiger partial charge in [-0.3, -0.25) is 4.79 Å². The molecule has 6 heteroatoms. The van der Waals surface area contributed by atoms with Crippen LogP contribution in [0.15, 0.2) is 41.2 Å². The van der Waals surface area contributed by atoms with E-state index in [1.807, 2.05) is 22.2 Å². The maximum atomic E-state index is 12.1. The van der Waals surface area contributed by atoms with Gasteiger partial charge >= 0.3 is 0 Å². The lowest BCUT2D eigenvalue weighted by Gasteiger charge is -2.04. The summed E-state index contributed by atoms with van der Waals surface area (Å²) in [5.74, 6) is 0. The van der Waals surface area contributed by atoms with Crippen LogP contribution in [0.3, 0.4) is 0 Å². The number of hydrogen-bond donors (Lipinski definition) is 0. The summed E-state index contributed by atoms with van der Waals surface area (Å²) in [6.07, 6.45) is 8.07. The molecule has 0 aromatic carbocycles. The van der Waals surface area contributed by atoms with Gasteiger partial charge in [0, 0.05) is 25.5 Å². The van der Waals surface area contributed by atoms with Crippen LogP contribution in [0, 0.1) is 0 Å². The molecule has 3 heterocycles. The first-order valence-electron chi connectivity index (χ1n) is 5.74. The smallest absolute Gasteiger partial charge is 0.275 e. The Kier molecular flexibility index (Phi) is 2.93. The lowest BCUT2D eigenvalue weighted by molar-refractivity contribution is 0.510. The normalized spacial score (nSPS) is 11.1. The molecule has 92 valence electrons. The number of rotatable bonds is 4. The van der Waals surface area contributed by atoms with E-state index in [-0.39, 0.29) is 5.56 Å². The molecule has 0 saturated heterocycles. The van der Waals surface area contributed by atoms with E-state index < -0.39 is 0 Å². The van der Waals surface area contributed by atoms with E-state index in [9.17, 15) is 4.79 Å². The number of fused-ring (bicyclic) bond motifs is 1. The van der Waals surface area contributed by atoms with Gasteiger partial charge in [0.25, 0.3) is 5.56 Å². The Balaban J connectivity index is 1.74. The van der Waals surface area contributed by atoms with E-state index in [0.717, 1.165) is 23.1 Å². The number of nitrogens with zero attached hydrogens (tertiary/aromatic N) is 4. The fourth-order valence-corrected chi connectivity index (χ4v) is 2.63. The molecule has 0 radical (unpaired) electrons. The fraction of sp³-hybridized carbons (Fsp3) is 0.250. The highest BCUT2D eigenvalue weighted by Gasteiger charge is 2.04. The Hall–Kier alpha value is -1.95. The summed E-state index contributed by atoms with van der Waals surface area (Å²) in [5, 5.41) is 6.87. The van der Waals surface area contributed by atoms with Gasteiger partial charge in [0.2, 0.25) is 0 Å². The molecule has 0 fully saturated rings. The monoisotopic (exact) mass is 260 g/mol. The Bertz CT molecular complexity index is 698. The molecule has 0 spiro atoms. The van der Waals surface area contributed by atoms with E-state index in [1.165, 1.54) is 4.68 Å². The van der Waals surface area contributed by atoms with Crippen molar-refractivity contribution < 1.29 is 0 Å². The minimum Gasteiger partial charge on any atom is -0.337 e. The number of imidazole rings is 1. The predicted molar refractivity (Wildman–Crippen MR) is 70.7 cm³/mol. The molecule has 0 bridgehead atoms. The molecule has 3 aromatic rings. The molecule has 0 N–H and O–H groups in total. The summed E-state index contributed by atoms with van der Waals surface area (Å²) in [4.78, 5) is 16.0. The first kappa shape index (κ1) is 11.2. The van der Waals surface area contributed by atoms with Crippen LogP contribution in [0.1, 0.15) is 6.42 Å². The molecule has 3 rings (SSSR count). The molecule has 5 nitrogen and oxygen atoms in total. The number of hydrogen-bond acceptors (Lipinski definition) is 4. The summed E-state index contributed by atoms with van der Waals surface area (Å²) in [6.45, 7) is 1.47. The highest BCUT2D eigenvalue weighted by atomic mass is 32.1. The number of aryl methyl sites for hydroxylation is 2. The molecule has 0 aliphatic rings. The summed E-state index contributed by atoms with van der Waals surface area (Å²) >= 11 is 1.54. The van der Waals surface area contributed by atoms with Crippen LogP contribution in [0.2, 0.25) is 0 Å². The first-order valence-corrected chi connectivity index (χ1v) is 6.61. The van der Waals surface area contributed by atoms with Crippen LogP contribution >= 0.6 is 11.3 Å². The van der Waals surface area contributed by atoms with Gasteiger partial charge in [0.1, 0.15) is 0 Å². The lowest BCUT2D eigenvalue weighted by atomic mass is 10.3. The average Bonchev–Trinajstić information content (AvgIpc) is 3.02. The molecule has 3 aromatic heterocycles. The van der Waals surface area contributed by atoms with Gasteiger partial charge in [0.15, 0.2) is 0 Å². The Morgan fingerprint density at radius 2 is 2.28 bits per heavy atom. The standard InChI is InChI=1S/C12H12N4OS/c17-12-10-2-7-18-11(10)8-14-16(12)5-1-4-15-6-3-13-9-15/h2-3,6-9H,1,4-5H2. The van der Waals surface area contributed by atoms with E-state index in [1.54, 1.807) is 30.1 Å². The van der Waals surface area contributed by atoms with E-state index in [0.29, 0.717) is 6.54 Å². The molecule has 18 heavy (non-hydrogen) atoms. The Labute approximate surface area is 107 Å². The Morgan fingerprint density at radius 1 is 1.33 bits per heavy atom. The number of aromatic nitrogens is 4. The van der Waals surface area contributed by atoms with Crippen LogP contribution in [0.25, 0.3) is 10.1 Å². The predicted octanol–water partition coefficient (Wildman–Crippen LogP) is 1.74. The van der Waals surface area contributed by atoms with Gasteiger partial charge < -0.3 is 4.57 Å². The van der Waals surface area contributed by atoms with Crippen LogP contribution in [0.4, 0.5) is 0 Å². The van der Waals surface area contributed by atoms with Gasteiger partial charge in [-0.1, -0.05) is 0 Å². The van der Waals surface area contributed by atoms with Crippen molar-refractivity contribution >= 4 is 21.4 Å². The van der Waals surface area contributed by atoms with Gasteiger partial charge in [-0.05, 0) is 17.9 Å². The van der Waals surface area contributed by atoms with Crippen molar-refractivity contribution in [2.75, 3.05) is 0 Å². The third kappa shape index (κ3) is 2.06. The average molecular weight is 260 g/mol. The molecule has 0 amide bonds. The fourth-order valence-electron chi connectivity index (χ4n) is 1.89. The van der Waals surface area contributed by atoms with Crippen molar-refractivity contribution in [1.29, 1.82) is 0 Å². The van der Waals surface area contributed by atoms with Crippen LogP contribution < -0.4 is 5.56 Å². The van der Waals surface area contributed by atoms with Crippen molar-refractivity contribution in [3.63, 3.8) is 0 Å². The van der Waals surface area contributed by atoms with Gasteiger partial charge in [-0.25, -0.2) is 9.67 Å². The van der Waals surface area contributed by atoms with Crippen molar-refractivity contribution in [1.82, 2.24) is 19.3 Å². The molecule has 0 saturated carbocycles. The molecule has 0 atom stereocenters. The van der Waals surface area contributed by atoms with Crippen molar-refractivity contribution in [2.45, 2.75) is 19.5 Å². The first-order chi connectivity index (χ1) is 8.84. The second kappa shape index (κ2) is 4.73. The third-order valence-electron chi connectivity index (χ3n) is 2.82. The highest BCUT2D eigenvalue weighted by molar-refractivity contribution is 7.17. The van der Waals surface area contributed by atoms with Gasteiger partial charge in [0.05, 0.1) is 22.6 Å². The zero-order chi connectivity index (χ0) is 12.4. The third-order valence-corrected chi connectivity index (χ3v) is 3.67. The van der Waals surface area contributed by atoms with Crippen LogP contribution in [-0.2, 0) is 13.1 Å². The Morgan fingerprint density at radius 3 is 3.11 bits per heavy atom. The van der Waals surface area contributed by atoms with Crippen molar-refractivity contribution in [3.8, 4) is 0 Å². The maximum Gasteiger partial charge on any atom is 0.275 e. The summed E-state index contributed by atoms with van der Waals surface area (Å²) in [6, 6.07) is 1.86. The zero-order valence-corrected chi connectivity index (χ0v) is 10.5. The van der Waals surface area contributed by atoms with Crippen molar-refractivity contribution in [3.05, 3.63) is 46.7 Å². The molecule has 0 aliphatic carbocycles. The lowest BCUT2D eigenvalue weighted by Crippen LogP contribution is -2.22. The van der Waals surface area contributed by atoms with E-state index >= 15 is 0 Å². The van der Waals surface area contributed by atoms with Crippen LogP contribution in [0.5, 0.6) is 0 Å². The largest absolute Gasteiger partial charge is 0.337 e. The summed E-state index contributed by atoms with van der Waals surface area (Å²) < 4.78 is 4.48. The molecule has 0 aliphatic heterocycles.